The molecule has 1 heterocycles. The van der Waals surface area contributed by atoms with Crippen LogP contribution < -0.4 is 14.2 Å². The molecule has 0 radical (unpaired) electrons. The second-order valence-electron chi connectivity index (χ2n) is 6.98. The lowest BCUT2D eigenvalue weighted by Crippen LogP contribution is -2.26. The second-order valence-corrected chi connectivity index (χ2v) is 6.98. The minimum Gasteiger partial charge on any atom is -0.494 e. The van der Waals surface area contributed by atoms with Crippen molar-refractivity contribution in [1.29, 1.82) is 0 Å². The molecule has 0 atom stereocenters. The second kappa shape index (κ2) is 11.0. The molecule has 162 valence electrons. The van der Waals surface area contributed by atoms with Crippen molar-refractivity contribution in [1.82, 2.24) is 9.88 Å². The van der Waals surface area contributed by atoms with Gasteiger partial charge in [0.1, 0.15) is 12.4 Å². The van der Waals surface area contributed by atoms with Gasteiger partial charge in [-0.3, -0.25) is 9.78 Å². The highest BCUT2D eigenvalue weighted by Gasteiger charge is 2.16. The Balaban J connectivity index is 1.68. The SMILES string of the molecule is CCOc1ccc(CN(C)C(=O)c2ccc(OCc3cccnc3)c(OCC)c2)cc1. The van der Waals surface area contributed by atoms with Crippen molar-refractivity contribution < 1.29 is 19.0 Å². The first-order chi connectivity index (χ1) is 15.1. The number of pyridine rings is 1. The highest BCUT2D eigenvalue weighted by atomic mass is 16.5. The van der Waals surface area contributed by atoms with E-state index in [0.717, 1.165) is 16.9 Å². The number of amides is 1. The Morgan fingerprint density at radius 1 is 0.903 bits per heavy atom. The van der Waals surface area contributed by atoms with Crippen molar-refractivity contribution in [3.63, 3.8) is 0 Å². The molecule has 31 heavy (non-hydrogen) atoms. The van der Waals surface area contributed by atoms with Crippen LogP contribution in [0.4, 0.5) is 0 Å². The Bertz CT molecular complexity index is 975. The minimum absolute atomic E-state index is 0.0892. The fraction of sp³-hybridized carbons (Fsp3) is 0.280. The van der Waals surface area contributed by atoms with Gasteiger partial charge in [0.15, 0.2) is 11.5 Å². The number of ether oxygens (including phenoxy) is 3. The molecule has 0 fully saturated rings. The van der Waals surface area contributed by atoms with Crippen LogP contribution in [0.1, 0.15) is 35.3 Å². The first-order valence-corrected chi connectivity index (χ1v) is 10.4. The zero-order valence-corrected chi connectivity index (χ0v) is 18.2. The Morgan fingerprint density at radius 2 is 1.68 bits per heavy atom. The van der Waals surface area contributed by atoms with Crippen LogP contribution in [0.5, 0.6) is 17.2 Å². The highest BCUT2D eigenvalue weighted by Crippen LogP contribution is 2.30. The van der Waals surface area contributed by atoms with Crippen LogP contribution in [0.15, 0.2) is 67.0 Å². The molecule has 0 saturated heterocycles. The predicted octanol–water partition coefficient (Wildman–Crippen LogP) is 4.73. The van der Waals surface area contributed by atoms with Crippen molar-refractivity contribution in [2.75, 3.05) is 20.3 Å². The average Bonchev–Trinajstić information content (AvgIpc) is 2.80. The average molecular weight is 421 g/mol. The summed E-state index contributed by atoms with van der Waals surface area (Å²) >= 11 is 0. The summed E-state index contributed by atoms with van der Waals surface area (Å²) in [5.74, 6) is 1.88. The molecule has 0 bridgehead atoms. The fourth-order valence-electron chi connectivity index (χ4n) is 3.10. The van der Waals surface area contributed by atoms with Gasteiger partial charge in [0.25, 0.3) is 5.91 Å². The number of nitrogens with zero attached hydrogens (tertiary/aromatic N) is 2. The molecule has 3 rings (SSSR count). The lowest BCUT2D eigenvalue weighted by atomic mass is 10.1. The van der Waals surface area contributed by atoms with Gasteiger partial charge in [-0.25, -0.2) is 0 Å². The van der Waals surface area contributed by atoms with E-state index in [4.69, 9.17) is 14.2 Å². The Labute approximate surface area is 183 Å². The summed E-state index contributed by atoms with van der Waals surface area (Å²) < 4.78 is 17.1. The van der Waals surface area contributed by atoms with Crippen LogP contribution in [-0.4, -0.2) is 36.1 Å². The van der Waals surface area contributed by atoms with Crippen molar-refractivity contribution in [2.45, 2.75) is 27.0 Å². The first-order valence-electron chi connectivity index (χ1n) is 10.4. The highest BCUT2D eigenvalue weighted by molar-refractivity contribution is 5.94. The molecule has 1 aromatic heterocycles. The van der Waals surface area contributed by atoms with Crippen LogP contribution >= 0.6 is 0 Å². The van der Waals surface area contributed by atoms with Gasteiger partial charge in [-0.15, -0.1) is 0 Å². The molecule has 0 unspecified atom stereocenters. The van der Waals surface area contributed by atoms with E-state index in [9.17, 15) is 4.79 Å². The van der Waals surface area contributed by atoms with Crippen LogP contribution in [0.2, 0.25) is 0 Å². The van der Waals surface area contributed by atoms with Gasteiger partial charge < -0.3 is 19.1 Å². The zero-order valence-electron chi connectivity index (χ0n) is 18.2. The number of rotatable bonds is 10. The Hall–Kier alpha value is -3.54. The lowest BCUT2D eigenvalue weighted by molar-refractivity contribution is 0.0784. The van der Waals surface area contributed by atoms with Gasteiger partial charge in [-0.2, -0.15) is 0 Å². The number of carbonyl (C=O) groups is 1. The van der Waals surface area contributed by atoms with Crippen molar-refractivity contribution in [2.24, 2.45) is 0 Å². The van der Waals surface area contributed by atoms with E-state index in [2.05, 4.69) is 4.98 Å². The van der Waals surface area contributed by atoms with E-state index in [1.54, 1.807) is 42.5 Å². The quantitative estimate of drug-likeness (QED) is 0.475. The van der Waals surface area contributed by atoms with Crippen LogP contribution in [0.25, 0.3) is 0 Å². The normalized spacial score (nSPS) is 10.4. The van der Waals surface area contributed by atoms with Crippen LogP contribution in [0, 0.1) is 0 Å². The van der Waals surface area contributed by atoms with Gasteiger partial charge in [0.05, 0.1) is 13.2 Å². The van der Waals surface area contributed by atoms with Crippen molar-refractivity contribution >= 4 is 5.91 Å². The van der Waals surface area contributed by atoms with E-state index in [1.165, 1.54) is 0 Å². The Morgan fingerprint density at radius 3 is 2.35 bits per heavy atom. The molecule has 2 aromatic carbocycles. The number of hydrogen-bond acceptors (Lipinski definition) is 5. The number of hydrogen-bond donors (Lipinski definition) is 0. The molecule has 1 amide bonds. The lowest BCUT2D eigenvalue weighted by Gasteiger charge is -2.19. The molecule has 0 spiro atoms. The largest absolute Gasteiger partial charge is 0.494 e. The summed E-state index contributed by atoms with van der Waals surface area (Å²) in [6.45, 7) is 5.82. The summed E-state index contributed by atoms with van der Waals surface area (Å²) in [4.78, 5) is 18.7. The summed E-state index contributed by atoms with van der Waals surface area (Å²) in [6, 6.07) is 16.9. The molecule has 0 aliphatic carbocycles. The Kier molecular flexibility index (Phi) is 7.87. The van der Waals surface area contributed by atoms with Crippen LogP contribution in [-0.2, 0) is 13.2 Å². The maximum Gasteiger partial charge on any atom is 0.254 e. The van der Waals surface area contributed by atoms with Gasteiger partial charge in [-0.05, 0) is 55.8 Å². The molecular formula is C25H28N2O4. The molecular weight excluding hydrogens is 392 g/mol. The molecule has 6 heteroatoms. The zero-order chi connectivity index (χ0) is 22.1. The van der Waals surface area contributed by atoms with Crippen molar-refractivity contribution in [3.8, 4) is 17.2 Å². The standard InChI is InChI=1S/C25H28N2O4/c1-4-29-22-11-8-19(9-12-22)17-27(3)25(28)21-10-13-23(24(15-21)30-5-2)31-18-20-7-6-14-26-16-20/h6-16H,4-5,17-18H2,1-3H3. The summed E-state index contributed by atoms with van der Waals surface area (Å²) in [5.41, 5.74) is 2.53. The number of benzene rings is 2. The minimum atomic E-state index is -0.0892. The molecule has 3 aromatic rings. The fourth-order valence-corrected chi connectivity index (χ4v) is 3.10. The van der Waals surface area contributed by atoms with Crippen molar-refractivity contribution in [3.05, 3.63) is 83.7 Å². The van der Waals surface area contributed by atoms with E-state index < -0.39 is 0 Å². The summed E-state index contributed by atoms with van der Waals surface area (Å²) in [7, 11) is 1.78. The van der Waals surface area contributed by atoms with Gasteiger partial charge in [-0.1, -0.05) is 18.2 Å². The number of aromatic nitrogens is 1. The molecule has 0 aliphatic heterocycles. The third-order valence-electron chi connectivity index (χ3n) is 4.61. The molecule has 0 saturated carbocycles. The third kappa shape index (κ3) is 6.22. The maximum absolute atomic E-state index is 13.0. The predicted molar refractivity (Wildman–Crippen MR) is 120 cm³/mol. The van der Waals surface area contributed by atoms with E-state index in [-0.39, 0.29) is 5.91 Å². The monoisotopic (exact) mass is 420 g/mol. The molecule has 0 N–H and O–H groups in total. The summed E-state index contributed by atoms with van der Waals surface area (Å²) in [5, 5.41) is 0. The van der Waals surface area contributed by atoms with Gasteiger partial charge in [0.2, 0.25) is 0 Å². The van der Waals surface area contributed by atoms with E-state index in [1.807, 2.05) is 50.2 Å². The van der Waals surface area contributed by atoms with Gasteiger partial charge in [0, 0.05) is 37.1 Å². The molecule has 0 aliphatic rings. The van der Waals surface area contributed by atoms with Gasteiger partial charge >= 0.3 is 0 Å². The molecule has 6 nitrogen and oxygen atoms in total. The van der Waals surface area contributed by atoms with Crippen LogP contribution in [0.3, 0.4) is 0 Å². The topological polar surface area (TPSA) is 60.9 Å². The summed E-state index contributed by atoms with van der Waals surface area (Å²) in [6.07, 6.45) is 3.48. The first kappa shape index (κ1) is 22.2. The third-order valence-corrected chi connectivity index (χ3v) is 4.61. The maximum atomic E-state index is 13.0. The smallest absolute Gasteiger partial charge is 0.254 e. The number of carbonyl (C=O) groups excluding carboxylic acids is 1. The van der Waals surface area contributed by atoms with E-state index >= 15 is 0 Å². The van der Waals surface area contributed by atoms with E-state index in [0.29, 0.717) is 43.4 Å².